The lowest BCUT2D eigenvalue weighted by Gasteiger charge is -2.20. The minimum atomic E-state index is -0.579. The SMILES string of the molecule is CCCCc1ccc(NC(=S)NC(Cc2ccc(Cl)cc2)C(=O)OCC)cc1. The highest BCUT2D eigenvalue weighted by Gasteiger charge is 2.21. The summed E-state index contributed by atoms with van der Waals surface area (Å²) >= 11 is 11.3. The van der Waals surface area contributed by atoms with Crippen LogP contribution in [0.4, 0.5) is 5.69 Å². The third kappa shape index (κ3) is 7.49. The topological polar surface area (TPSA) is 50.4 Å². The molecule has 2 rings (SSSR count). The lowest BCUT2D eigenvalue weighted by atomic mass is 10.1. The predicted molar refractivity (Wildman–Crippen MR) is 120 cm³/mol. The van der Waals surface area contributed by atoms with E-state index in [1.54, 1.807) is 19.1 Å². The number of anilines is 1. The second kappa shape index (κ2) is 11.7. The zero-order chi connectivity index (χ0) is 20.4. The molecule has 0 saturated carbocycles. The second-order valence-electron chi connectivity index (χ2n) is 6.53. The Morgan fingerprint density at radius 2 is 1.71 bits per heavy atom. The molecule has 0 spiro atoms. The molecule has 0 heterocycles. The molecule has 0 bridgehead atoms. The zero-order valence-electron chi connectivity index (χ0n) is 16.3. The molecule has 1 atom stereocenters. The van der Waals surface area contributed by atoms with Crippen LogP contribution in [0.25, 0.3) is 0 Å². The van der Waals surface area contributed by atoms with Crippen LogP contribution in [0.5, 0.6) is 0 Å². The van der Waals surface area contributed by atoms with E-state index in [9.17, 15) is 4.79 Å². The van der Waals surface area contributed by atoms with E-state index in [1.807, 2.05) is 24.3 Å². The molecule has 6 heteroatoms. The standard InChI is InChI=1S/C22H27ClN2O2S/c1-3-5-6-16-9-13-19(14-10-16)24-22(28)25-20(21(26)27-4-2)15-17-7-11-18(23)12-8-17/h7-14,20H,3-6,15H2,1-2H3,(H2,24,25,28). The average Bonchev–Trinajstić information content (AvgIpc) is 2.69. The van der Waals surface area contributed by atoms with Gasteiger partial charge in [-0.25, -0.2) is 4.79 Å². The normalized spacial score (nSPS) is 11.5. The van der Waals surface area contributed by atoms with Gasteiger partial charge in [-0.1, -0.05) is 49.2 Å². The number of carbonyl (C=O) groups is 1. The van der Waals surface area contributed by atoms with Crippen molar-refractivity contribution in [2.45, 2.75) is 45.6 Å². The van der Waals surface area contributed by atoms with Crippen molar-refractivity contribution < 1.29 is 9.53 Å². The van der Waals surface area contributed by atoms with Crippen molar-refractivity contribution in [2.24, 2.45) is 0 Å². The number of ether oxygens (including phenoxy) is 1. The number of thiocarbonyl (C=S) groups is 1. The van der Waals surface area contributed by atoms with E-state index >= 15 is 0 Å². The van der Waals surface area contributed by atoms with Crippen molar-refractivity contribution >= 4 is 40.6 Å². The highest BCUT2D eigenvalue weighted by atomic mass is 35.5. The maximum atomic E-state index is 12.3. The smallest absolute Gasteiger partial charge is 0.328 e. The van der Waals surface area contributed by atoms with Gasteiger partial charge in [0.1, 0.15) is 6.04 Å². The molecule has 150 valence electrons. The van der Waals surface area contributed by atoms with Crippen molar-refractivity contribution in [3.05, 3.63) is 64.7 Å². The third-order valence-electron chi connectivity index (χ3n) is 4.26. The summed E-state index contributed by atoms with van der Waals surface area (Å²) in [7, 11) is 0. The van der Waals surface area contributed by atoms with E-state index in [0.29, 0.717) is 23.2 Å². The van der Waals surface area contributed by atoms with E-state index in [0.717, 1.165) is 17.7 Å². The Morgan fingerprint density at radius 3 is 2.32 bits per heavy atom. The molecule has 0 amide bonds. The molecule has 0 fully saturated rings. The van der Waals surface area contributed by atoms with Crippen LogP contribution in [0.1, 0.15) is 37.8 Å². The van der Waals surface area contributed by atoms with Crippen LogP contribution < -0.4 is 10.6 Å². The Hall–Kier alpha value is -2.11. The Morgan fingerprint density at radius 1 is 1.07 bits per heavy atom. The fourth-order valence-corrected chi connectivity index (χ4v) is 3.14. The number of esters is 1. The third-order valence-corrected chi connectivity index (χ3v) is 4.73. The van der Waals surface area contributed by atoms with Crippen LogP contribution in [-0.4, -0.2) is 23.7 Å². The number of halogens is 1. The summed E-state index contributed by atoms with van der Waals surface area (Å²) in [4.78, 5) is 12.3. The van der Waals surface area contributed by atoms with E-state index in [4.69, 9.17) is 28.6 Å². The van der Waals surface area contributed by atoms with Gasteiger partial charge in [0.15, 0.2) is 5.11 Å². The minimum Gasteiger partial charge on any atom is -0.464 e. The summed E-state index contributed by atoms with van der Waals surface area (Å²) in [5, 5.41) is 7.25. The molecule has 0 aliphatic heterocycles. The van der Waals surface area contributed by atoms with Crippen LogP contribution in [0.3, 0.4) is 0 Å². The quantitative estimate of drug-likeness (QED) is 0.436. The first-order valence-electron chi connectivity index (χ1n) is 9.59. The number of hydrogen-bond donors (Lipinski definition) is 2. The van der Waals surface area contributed by atoms with Crippen molar-refractivity contribution in [3.63, 3.8) is 0 Å². The largest absolute Gasteiger partial charge is 0.464 e. The van der Waals surface area contributed by atoms with Crippen LogP contribution >= 0.6 is 23.8 Å². The highest BCUT2D eigenvalue weighted by molar-refractivity contribution is 7.80. The van der Waals surface area contributed by atoms with Gasteiger partial charge in [-0.05, 0) is 67.4 Å². The summed E-state index contributed by atoms with van der Waals surface area (Å²) in [6.45, 7) is 4.29. The van der Waals surface area contributed by atoms with Crippen LogP contribution in [0.15, 0.2) is 48.5 Å². The first-order chi connectivity index (χ1) is 13.5. The summed E-state index contributed by atoms with van der Waals surface area (Å²) in [6, 6.07) is 15.0. The molecule has 2 aromatic carbocycles. The summed E-state index contributed by atoms with van der Waals surface area (Å²) in [6.07, 6.45) is 3.88. The van der Waals surface area contributed by atoms with Gasteiger partial charge < -0.3 is 15.4 Å². The van der Waals surface area contributed by atoms with E-state index < -0.39 is 6.04 Å². The number of benzene rings is 2. The van der Waals surface area contributed by atoms with Crippen molar-refractivity contribution in [1.82, 2.24) is 5.32 Å². The van der Waals surface area contributed by atoms with Gasteiger partial charge in [0, 0.05) is 17.1 Å². The van der Waals surface area contributed by atoms with E-state index in [1.165, 1.54) is 18.4 Å². The predicted octanol–water partition coefficient (Wildman–Crippen LogP) is 5.14. The maximum absolute atomic E-state index is 12.3. The molecule has 0 aliphatic carbocycles. The number of aryl methyl sites for hydroxylation is 1. The van der Waals surface area contributed by atoms with Gasteiger partial charge in [-0.3, -0.25) is 0 Å². The van der Waals surface area contributed by atoms with Crippen LogP contribution in [-0.2, 0) is 22.4 Å². The molecule has 0 saturated heterocycles. The van der Waals surface area contributed by atoms with Gasteiger partial charge in [0.05, 0.1) is 6.61 Å². The number of hydrogen-bond acceptors (Lipinski definition) is 3. The molecule has 1 unspecified atom stereocenters. The molecular weight excluding hydrogens is 392 g/mol. The minimum absolute atomic E-state index is 0.317. The fourth-order valence-electron chi connectivity index (χ4n) is 2.75. The monoisotopic (exact) mass is 418 g/mol. The summed E-state index contributed by atoms with van der Waals surface area (Å²) < 4.78 is 5.19. The van der Waals surface area contributed by atoms with Gasteiger partial charge in [0.25, 0.3) is 0 Å². The Labute approximate surface area is 177 Å². The molecule has 2 aromatic rings. The number of nitrogens with one attached hydrogen (secondary N) is 2. The number of carbonyl (C=O) groups excluding carboxylic acids is 1. The first-order valence-corrected chi connectivity index (χ1v) is 10.4. The van der Waals surface area contributed by atoms with Crippen LogP contribution in [0.2, 0.25) is 5.02 Å². The average molecular weight is 419 g/mol. The van der Waals surface area contributed by atoms with Crippen molar-refractivity contribution in [3.8, 4) is 0 Å². The molecule has 0 radical (unpaired) electrons. The van der Waals surface area contributed by atoms with Gasteiger partial charge >= 0.3 is 5.97 Å². The molecule has 0 aliphatic rings. The molecule has 0 aromatic heterocycles. The second-order valence-corrected chi connectivity index (χ2v) is 7.38. The van der Waals surface area contributed by atoms with E-state index in [-0.39, 0.29) is 5.97 Å². The number of rotatable bonds is 9. The Bertz CT molecular complexity index is 763. The lowest BCUT2D eigenvalue weighted by Crippen LogP contribution is -2.45. The highest BCUT2D eigenvalue weighted by Crippen LogP contribution is 2.14. The van der Waals surface area contributed by atoms with Gasteiger partial charge in [-0.15, -0.1) is 0 Å². The van der Waals surface area contributed by atoms with Gasteiger partial charge in [-0.2, -0.15) is 0 Å². The van der Waals surface area contributed by atoms with Crippen molar-refractivity contribution in [2.75, 3.05) is 11.9 Å². The fraction of sp³-hybridized carbons (Fsp3) is 0.364. The van der Waals surface area contributed by atoms with Crippen molar-refractivity contribution in [1.29, 1.82) is 0 Å². The summed E-state index contributed by atoms with van der Waals surface area (Å²) in [5.41, 5.74) is 3.16. The first kappa shape index (κ1) is 22.2. The maximum Gasteiger partial charge on any atom is 0.328 e. The zero-order valence-corrected chi connectivity index (χ0v) is 17.9. The molecule has 2 N–H and O–H groups in total. The van der Waals surface area contributed by atoms with E-state index in [2.05, 4.69) is 29.7 Å². The Balaban J connectivity index is 1.98. The molecule has 4 nitrogen and oxygen atoms in total. The summed E-state index contributed by atoms with van der Waals surface area (Å²) in [5.74, 6) is -0.337. The number of unbranched alkanes of at least 4 members (excludes halogenated alkanes) is 1. The van der Waals surface area contributed by atoms with Crippen LogP contribution in [0, 0.1) is 0 Å². The molecule has 28 heavy (non-hydrogen) atoms. The van der Waals surface area contributed by atoms with Gasteiger partial charge in [0.2, 0.25) is 0 Å². The molecular formula is C22H27ClN2O2S. The Kier molecular flexibility index (Phi) is 9.24. The lowest BCUT2D eigenvalue weighted by molar-refractivity contribution is -0.145.